The smallest absolute Gasteiger partial charge is 0.410 e. The molecule has 0 radical (unpaired) electrons. The molecule has 0 aromatic heterocycles. The number of carbonyl (C=O) groups is 2. The second-order valence-electron chi connectivity index (χ2n) is 6.65. The first-order valence-electron chi connectivity index (χ1n) is 7.15. The summed E-state index contributed by atoms with van der Waals surface area (Å²) >= 11 is 0. The molecule has 5 heteroatoms. The van der Waals surface area contributed by atoms with Crippen LogP contribution in [0.2, 0.25) is 0 Å². The molecule has 2 rings (SSSR count). The molecule has 20 heavy (non-hydrogen) atoms. The Kier molecular flexibility index (Phi) is 3.80. The van der Waals surface area contributed by atoms with Crippen molar-refractivity contribution < 1.29 is 19.4 Å². The molecule has 5 nitrogen and oxygen atoms in total. The molecule has 1 amide bonds. The topological polar surface area (TPSA) is 66.8 Å². The number of hydrogen-bond acceptors (Lipinski definition) is 3. The fourth-order valence-electron chi connectivity index (χ4n) is 2.80. The van der Waals surface area contributed by atoms with E-state index < -0.39 is 17.0 Å². The number of rotatable bonds is 2. The van der Waals surface area contributed by atoms with Crippen LogP contribution < -0.4 is 0 Å². The van der Waals surface area contributed by atoms with Crippen molar-refractivity contribution in [2.45, 2.75) is 52.1 Å². The highest BCUT2D eigenvalue weighted by atomic mass is 16.6. The van der Waals surface area contributed by atoms with Crippen molar-refractivity contribution in [2.24, 2.45) is 5.41 Å². The van der Waals surface area contributed by atoms with Gasteiger partial charge in [0.15, 0.2) is 0 Å². The van der Waals surface area contributed by atoms with Crippen LogP contribution in [0.3, 0.4) is 0 Å². The van der Waals surface area contributed by atoms with Gasteiger partial charge in [0.25, 0.3) is 0 Å². The van der Waals surface area contributed by atoms with Crippen LogP contribution in [-0.4, -0.2) is 40.8 Å². The zero-order valence-electron chi connectivity index (χ0n) is 12.4. The van der Waals surface area contributed by atoms with Crippen LogP contribution in [0.5, 0.6) is 0 Å². The van der Waals surface area contributed by atoms with Crippen LogP contribution >= 0.6 is 0 Å². The number of carboxylic acids is 1. The summed E-state index contributed by atoms with van der Waals surface area (Å²) in [4.78, 5) is 25.0. The van der Waals surface area contributed by atoms with E-state index in [9.17, 15) is 14.7 Å². The van der Waals surface area contributed by atoms with E-state index in [-0.39, 0.29) is 6.09 Å². The van der Waals surface area contributed by atoms with E-state index in [2.05, 4.69) is 0 Å². The first kappa shape index (κ1) is 14.9. The first-order chi connectivity index (χ1) is 9.24. The van der Waals surface area contributed by atoms with Gasteiger partial charge < -0.3 is 14.7 Å². The molecule has 1 saturated carbocycles. The summed E-state index contributed by atoms with van der Waals surface area (Å²) in [6.07, 6.45) is 4.62. The average Bonchev–Trinajstić information content (AvgIpc) is 2.25. The van der Waals surface area contributed by atoms with E-state index in [1.54, 1.807) is 4.90 Å². The lowest BCUT2D eigenvalue weighted by atomic mass is 9.62. The van der Waals surface area contributed by atoms with Gasteiger partial charge in [-0.15, -0.1) is 0 Å². The molecule has 112 valence electrons. The Hall–Kier alpha value is -1.52. The zero-order valence-corrected chi connectivity index (χ0v) is 12.4. The second-order valence-corrected chi connectivity index (χ2v) is 6.65. The average molecular weight is 281 g/mol. The maximum absolute atomic E-state index is 11.9. The SMILES string of the molecule is CC(C)(C)OC(=O)N1CC=C(C2(C(=O)O)CCC2)CC1. The molecule has 2 aliphatic rings. The van der Waals surface area contributed by atoms with E-state index >= 15 is 0 Å². The third kappa shape index (κ3) is 2.81. The molecule has 0 aromatic rings. The van der Waals surface area contributed by atoms with Gasteiger partial charge in [-0.25, -0.2) is 4.79 Å². The minimum Gasteiger partial charge on any atom is -0.481 e. The number of carboxylic acid groups (broad SMARTS) is 1. The largest absolute Gasteiger partial charge is 0.481 e. The Morgan fingerprint density at radius 1 is 1.35 bits per heavy atom. The summed E-state index contributed by atoms with van der Waals surface area (Å²) in [5.41, 5.74) is -0.173. The normalized spacial score (nSPS) is 21.8. The molecule has 1 aliphatic heterocycles. The first-order valence-corrected chi connectivity index (χ1v) is 7.15. The van der Waals surface area contributed by atoms with Gasteiger partial charge in [0.2, 0.25) is 0 Å². The summed E-state index contributed by atoms with van der Waals surface area (Å²) in [5.74, 6) is -0.722. The van der Waals surface area contributed by atoms with Crippen molar-refractivity contribution in [3.63, 3.8) is 0 Å². The van der Waals surface area contributed by atoms with E-state index in [0.29, 0.717) is 19.5 Å². The second kappa shape index (κ2) is 5.11. The highest BCUT2D eigenvalue weighted by molar-refractivity contribution is 5.80. The molecule has 0 unspecified atom stereocenters. The molecular weight excluding hydrogens is 258 g/mol. The predicted octanol–water partition coefficient (Wildman–Crippen LogP) is 2.81. The Labute approximate surface area is 119 Å². The minimum absolute atomic E-state index is 0.328. The maximum atomic E-state index is 11.9. The van der Waals surface area contributed by atoms with Crippen LogP contribution in [0.4, 0.5) is 4.79 Å². The predicted molar refractivity (Wildman–Crippen MR) is 74.4 cm³/mol. The van der Waals surface area contributed by atoms with Crippen molar-refractivity contribution >= 4 is 12.1 Å². The van der Waals surface area contributed by atoms with Crippen LogP contribution in [0.1, 0.15) is 46.5 Å². The van der Waals surface area contributed by atoms with Gasteiger partial charge in [0, 0.05) is 13.1 Å². The third-order valence-corrected chi connectivity index (χ3v) is 4.09. The summed E-state index contributed by atoms with van der Waals surface area (Å²) in [7, 11) is 0. The Morgan fingerprint density at radius 2 is 2.00 bits per heavy atom. The Balaban J connectivity index is 2.00. The van der Waals surface area contributed by atoms with Crippen LogP contribution in [-0.2, 0) is 9.53 Å². The number of nitrogens with zero attached hydrogens (tertiary/aromatic N) is 1. The van der Waals surface area contributed by atoms with Crippen LogP contribution in [0, 0.1) is 5.41 Å². The van der Waals surface area contributed by atoms with Gasteiger partial charge >= 0.3 is 12.1 Å². The quantitative estimate of drug-likeness (QED) is 0.790. The monoisotopic (exact) mass is 281 g/mol. The van der Waals surface area contributed by atoms with E-state index in [1.165, 1.54) is 0 Å². The van der Waals surface area contributed by atoms with Gasteiger partial charge in [-0.1, -0.05) is 18.1 Å². The van der Waals surface area contributed by atoms with Gasteiger partial charge in [-0.05, 0) is 40.0 Å². The Morgan fingerprint density at radius 3 is 2.35 bits per heavy atom. The van der Waals surface area contributed by atoms with E-state index in [0.717, 1.165) is 24.8 Å². The number of carbonyl (C=O) groups excluding carboxylic acids is 1. The summed E-state index contributed by atoms with van der Waals surface area (Å²) in [5, 5.41) is 9.42. The Bertz CT molecular complexity index is 443. The molecule has 0 saturated heterocycles. The lowest BCUT2D eigenvalue weighted by Crippen LogP contribution is -2.45. The summed E-state index contributed by atoms with van der Waals surface area (Å²) in [6.45, 7) is 6.49. The molecule has 0 bridgehead atoms. The van der Waals surface area contributed by atoms with Gasteiger partial charge in [0.1, 0.15) is 5.60 Å². The van der Waals surface area contributed by atoms with Gasteiger partial charge in [0.05, 0.1) is 5.41 Å². The van der Waals surface area contributed by atoms with Crippen LogP contribution in [0.25, 0.3) is 0 Å². The molecule has 1 fully saturated rings. The van der Waals surface area contributed by atoms with E-state index in [4.69, 9.17) is 4.74 Å². The van der Waals surface area contributed by atoms with Crippen LogP contribution in [0.15, 0.2) is 11.6 Å². The van der Waals surface area contributed by atoms with Crippen molar-refractivity contribution in [1.29, 1.82) is 0 Å². The number of hydrogen-bond donors (Lipinski definition) is 1. The highest BCUT2D eigenvalue weighted by Crippen LogP contribution is 2.49. The molecule has 0 spiro atoms. The van der Waals surface area contributed by atoms with E-state index in [1.807, 2.05) is 26.8 Å². The zero-order chi connectivity index (χ0) is 15.0. The fraction of sp³-hybridized carbons (Fsp3) is 0.733. The lowest BCUT2D eigenvalue weighted by Gasteiger charge is -2.42. The summed E-state index contributed by atoms with van der Waals surface area (Å²) in [6, 6.07) is 0. The molecular formula is C15H23NO4. The van der Waals surface area contributed by atoms with Crippen molar-refractivity contribution in [3.8, 4) is 0 Å². The molecule has 1 aliphatic carbocycles. The number of amides is 1. The van der Waals surface area contributed by atoms with Crippen molar-refractivity contribution in [1.82, 2.24) is 4.90 Å². The summed E-state index contributed by atoms with van der Waals surface area (Å²) < 4.78 is 5.33. The molecule has 1 N–H and O–H groups in total. The van der Waals surface area contributed by atoms with Gasteiger partial charge in [-0.3, -0.25) is 4.79 Å². The molecule has 0 atom stereocenters. The molecule has 0 aromatic carbocycles. The van der Waals surface area contributed by atoms with Crippen molar-refractivity contribution in [3.05, 3.63) is 11.6 Å². The highest BCUT2D eigenvalue weighted by Gasteiger charge is 2.47. The fourth-order valence-corrected chi connectivity index (χ4v) is 2.80. The molecule has 1 heterocycles. The number of aliphatic carboxylic acids is 1. The minimum atomic E-state index is -0.722. The standard InChI is InChI=1S/C15H23NO4/c1-14(2,3)20-13(19)16-9-5-11(6-10-16)15(12(17)18)7-4-8-15/h5H,4,6-10H2,1-3H3,(H,17,18). The number of ether oxygens (including phenoxy) is 1. The van der Waals surface area contributed by atoms with Gasteiger partial charge in [-0.2, -0.15) is 0 Å². The maximum Gasteiger partial charge on any atom is 0.410 e. The van der Waals surface area contributed by atoms with Crippen molar-refractivity contribution in [2.75, 3.05) is 13.1 Å². The third-order valence-electron chi connectivity index (χ3n) is 4.09. The lowest BCUT2D eigenvalue weighted by molar-refractivity contribution is -0.151.